The van der Waals surface area contributed by atoms with Crippen LogP contribution in [0.2, 0.25) is 0 Å². The van der Waals surface area contributed by atoms with Crippen LogP contribution in [0.5, 0.6) is 0 Å². The zero-order chi connectivity index (χ0) is 12.0. The van der Waals surface area contributed by atoms with Crippen LogP contribution in [-0.4, -0.2) is 25.2 Å². The number of carbonyl (C=O) groups excluding carboxylic acids is 2. The maximum atomic E-state index is 11.6. The Bertz CT molecular complexity index is 307. The molecule has 0 N–H and O–H groups in total. The number of carbonyl (C=O) groups is 2. The van der Waals surface area contributed by atoms with Gasteiger partial charge >= 0.3 is 11.9 Å². The molecule has 0 aromatic heterocycles. The zero-order valence-electron chi connectivity index (χ0n) is 9.62. The van der Waals surface area contributed by atoms with Gasteiger partial charge in [0.1, 0.15) is 0 Å². The van der Waals surface area contributed by atoms with E-state index in [1.165, 1.54) is 0 Å². The lowest BCUT2D eigenvalue weighted by Crippen LogP contribution is -2.17. The predicted octanol–water partition coefficient (Wildman–Crippen LogP) is 1.76. The first-order valence-electron chi connectivity index (χ1n) is 5.41. The van der Waals surface area contributed by atoms with Crippen molar-refractivity contribution in [1.29, 1.82) is 0 Å². The molecule has 1 aliphatic carbocycles. The molecule has 0 fully saturated rings. The van der Waals surface area contributed by atoms with Crippen molar-refractivity contribution in [2.45, 2.75) is 26.7 Å². The largest absolute Gasteiger partial charge is 0.463 e. The van der Waals surface area contributed by atoms with Gasteiger partial charge in [-0.05, 0) is 26.7 Å². The molecular formula is C12H16O4. The summed E-state index contributed by atoms with van der Waals surface area (Å²) in [5.74, 6) is -0.843. The fourth-order valence-corrected chi connectivity index (χ4v) is 1.50. The van der Waals surface area contributed by atoms with Crippen LogP contribution in [0.15, 0.2) is 23.3 Å². The zero-order valence-corrected chi connectivity index (χ0v) is 9.62. The van der Waals surface area contributed by atoms with E-state index < -0.39 is 11.9 Å². The Kier molecular flexibility index (Phi) is 4.76. The third-order valence-electron chi connectivity index (χ3n) is 2.22. The molecule has 0 radical (unpaired) electrons. The Morgan fingerprint density at radius 2 is 1.38 bits per heavy atom. The molecule has 4 heteroatoms. The highest BCUT2D eigenvalue weighted by molar-refractivity contribution is 6.01. The summed E-state index contributed by atoms with van der Waals surface area (Å²) in [7, 11) is 0. The maximum Gasteiger partial charge on any atom is 0.334 e. The van der Waals surface area contributed by atoms with E-state index in [-0.39, 0.29) is 0 Å². The standard InChI is InChI=1S/C12H16O4/c1-3-15-11(13)9-7-5-6-8-10(9)12(14)16-4-2/h5-6H,3-4,7-8H2,1-2H3. The molecule has 88 valence electrons. The smallest absolute Gasteiger partial charge is 0.334 e. The third kappa shape index (κ3) is 2.95. The number of hydrogen-bond donors (Lipinski definition) is 0. The van der Waals surface area contributed by atoms with Crippen molar-refractivity contribution in [2.75, 3.05) is 13.2 Å². The fourth-order valence-electron chi connectivity index (χ4n) is 1.50. The van der Waals surface area contributed by atoms with Crippen molar-refractivity contribution >= 4 is 11.9 Å². The monoisotopic (exact) mass is 224 g/mol. The van der Waals surface area contributed by atoms with Crippen LogP contribution < -0.4 is 0 Å². The number of ether oxygens (including phenoxy) is 2. The highest BCUT2D eigenvalue weighted by Gasteiger charge is 2.23. The van der Waals surface area contributed by atoms with Crippen LogP contribution >= 0.6 is 0 Å². The summed E-state index contributed by atoms with van der Waals surface area (Å²) in [6.45, 7) is 4.09. The minimum atomic E-state index is -0.421. The van der Waals surface area contributed by atoms with Gasteiger partial charge in [-0.15, -0.1) is 0 Å². The molecule has 0 aliphatic heterocycles. The van der Waals surface area contributed by atoms with Gasteiger partial charge in [-0.3, -0.25) is 0 Å². The van der Waals surface area contributed by atoms with Crippen LogP contribution in [0.25, 0.3) is 0 Å². The lowest BCUT2D eigenvalue weighted by molar-refractivity contribution is -0.142. The predicted molar refractivity (Wildman–Crippen MR) is 58.7 cm³/mol. The second-order valence-corrected chi connectivity index (χ2v) is 3.28. The molecular weight excluding hydrogens is 208 g/mol. The molecule has 16 heavy (non-hydrogen) atoms. The molecule has 0 spiro atoms. The van der Waals surface area contributed by atoms with Gasteiger partial charge in [0, 0.05) is 0 Å². The van der Waals surface area contributed by atoms with Gasteiger partial charge in [0.25, 0.3) is 0 Å². The maximum absolute atomic E-state index is 11.6. The average molecular weight is 224 g/mol. The quantitative estimate of drug-likeness (QED) is 0.539. The molecule has 0 bridgehead atoms. The summed E-state index contributed by atoms with van der Waals surface area (Å²) in [5.41, 5.74) is 0.839. The lowest BCUT2D eigenvalue weighted by Gasteiger charge is -2.14. The Labute approximate surface area is 94.9 Å². The topological polar surface area (TPSA) is 52.6 Å². The van der Waals surface area contributed by atoms with E-state index in [9.17, 15) is 9.59 Å². The van der Waals surface area contributed by atoms with Gasteiger partial charge in [-0.1, -0.05) is 12.2 Å². The first-order valence-corrected chi connectivity index (χ1v) is 5.41. The Morgan fingerprint density at radius 3 is 1.69 bits per heavy atom. The van der Waals surface area contributed by atoms with Crippen molar-refractivity contribution in [3.05, 3.63) is 23.3 Å². The van der Waals surface area contributed by atoms with Gasteiger partial charge in [0.05, 0.1) is 24.4 Å². The first kappa shape index (κ1) is 12.5. The molecule has 0 amide bonds. The van der Waals surface area contributed by atoms with E-state index in [0.29, 0.717) is 37.2 Å². The summed E-state index contributed by atoms with van der Waals surface area (Å²) >= 11 is 0. The number of hydrogen-bond acceptors (Lipinski definition) is 4. The van der Waals surface area contributed by atoms with Gasteiger partial charge in [-0.25, -0.2) is 9.59 Å². The molecule has 1 aliphatic rings. The van der Waals surface area contributed by atoms with Crippen molar-refractivity contribution in [3.8, 4) is 0 Å². The summed E-state index contributed by atoms with van der Waals surface area (Å²) in [4.78, 5) is 23.2. The summed E-state index contributed by atoms with van der Waals surface area (Å²) < 4.78 is 9.80. The molecule has 0 unspecified atom stereocenters. The Morgan fingerprint density at radius 1 is 1.00 bits per heavy atom. The van der Waals surface area contributed by atoms with Gasteiger partial charge in [0.15, 0.2) is 0 Å². The van der Waals surface area contributed by atoms with Crippen molar-refractivity contribution in [1.82, 2.24) is 0 Å². The van der Waals surface area contributed by atoms with Gasteiger partial charge < -0.3 is 9.47 Å². The SMILES string of the molecule is CCOC(=O)C1=C(C(=O)OCC)CC=CC1. The minimum absolute atomic E-state index is 0.308. The molecule has 0 saturated heterocycles. The van der Waals surface area contributed by atoms with Gasteiger partial charge in [0.2, 0.25) is 0 Å². The van der Waals surface area contributed by atoms with Crippen LogP contribution in [-0.2, 0) is 19.1 Å². The van der Waals surface area contributed by atoms with Crippen molar-refractivity contribution in [3.63, 3.8) is 0 Å². The number of allylic oxidation sites excluding steroid dienone is 2. The summed E-state index contributed by atoms with van der Waals surface area (Å²) in [6, 6.07) is 0. The Balaban J connectivity index is 2.87. The molecule has 0 saturated carbocycles. The average Bonchev–Trinajstić information content (AvgIpc) is 2.30. The van der Waals surface area contributed by atoms with Gasteiger partial charge in [-0.2, -0.15) is 0 Å². The summed E-state index contributed by atoms with van der Waals surface area (Å²) in [5, 5.41) is 0. The van der Waals surface area contributed by atoms with E-state index in [1.54, 1.807) is 13.8 Å². The second kappa shape index (κ2) is 6.10. The molecule has 4 nitrogen and oxygen atoms in total. The number of esters is 2. The molecule has 1 rings (SSSR count). The van der Waals surface area contributed by atoms with E-state index in [4.69, 9.17) is 9.47 Å². The minimum Gasteiger partial charge on any atom is -0.463 e. The van der Waals surface area contributed by atoms with Crippen molar-refractivity contribution in [2.24, 2.45) is 0 Å². The first-order chi connectivity index (χ1) is 7.70. The fraction of sp³-hybridized carbons (Fsp3) is 0.500. The normalized spacial score (nSPS) is 14.9. The van der Waals surface area contributed by atoms with Crippen LogP contribution in [0, 0.1) is 0 Å². The van der Waals surface area contributed by atoms with Crippen LogP contribution in [0.3, 0.4) is 0 Å². The highest BCUT2D eigenvalue weighted by Crippen LogP contribution is 2.21. The highest BCUT2D eigenvalue weighted by atomic mass is 16.5. The van der Waals surface area contributed by atoms with Crippen LogP contribution in [0.4, 0.5) is 0 Å². The van der Waals surface area contributed by atoms with E-state index in [0.717, 1.165) is 0 Å². The van der Waals surface area contributed by atoms with Crippen LogP contribution in [0.1, 0.15) is 26.7 Å². The molecule has 0 atom stereocenters. The molecule has 0 aromatic carbocycles. The third-order valence-corrected chi connectivity index (χ3v) is 2.22. The number of rotatable bonds is 4. The van der Waals surface area contributed by atoms with E-state index >= 15 is 0 Å². The molecule has 0 aromatic rings. The summed E-state index contributed by atoms with van der Waals surface area (Å²) in [6.07, 6.45) is 4.59. The molecule has 0 heterocycles. The van der Waals surface area contributed by atoms with E-state index in [1.807, 2.05) is 12.2 Å². The second-order valence-electron chi connectivity index (χ2n) is 3.28. The lowest BCUT2D eigenvalue weighted by atomic mass is 9.97. The van der Waals surface area contributed by atoms with E-state index in [2.05, 4.69) is 0 Å². The van der Waals surface area contributed by atoms with Crippen molar-refractivity contribution < 1.29 is 19.1 Å². The Hall–Kier alpha value is -1.58.